The van der Waals surface area contributed by atoms with Crippen molar-refractivity contribution in [1.82, 2.24) is 0 Å². The summed E-state index contributed by atoms with van der Waals surface area (Å²) in [5.74, 6) is -0.468. The third-order valence-corrected chi connectivity index (χ3v) is 4.64. The predicted octanol–water partition coefficient (Wildman–Crippen LogP) is 6.68. The van der Waals surface area contributed by atoms with Gasteiger partial charge in [-0.3, -0.25) is 0 Å². The molecule has 2 rings (SSSR count). The van der Waals surface area contributed by atoms with Crippen molar-refractivity contribution in [2.75, 3.05) is 5.32 Å². The lowest BCUT2D eigenvalue weighted by molar-refractivity contribution is 0.624. The van der Waals surface area contributed by atoms with Gasteiger partial charge in [0.05, 0.1) is 16.8 Å². The summed E-state index contributed by atoms with van der Waals surface area (Å²) in [6, 6.07) is 6.67. The van der Waals surface area contributed by atoms with Crippen molar-refractivity contribution in [3.8, 4) is 0 Å². The molecule has 1 N–H and O–H groups in total. The normalized spacial score (nSPS) is 12.3. The lowest BCUT2D eigenvalue weighted by Crippen LogP contribution is -2.10. The average molecular weight is 391 g/mol. The molecule has 112 valence electrons. The number of anilines is 1. The van der Waals surface area contributed by atoms with Crippen molar-refractivity contribution in [3.05, 3.63) is 61.3 Å². The number of hydrogen-bond donors (Lipinski definition) is 1. The molecule has 0 spiro atoms. The number of rotatable bonds is 3. The van der Waals surface area contributed by atoms with E-state index in [0.29, 0.717) is 10.6 Å². The first-order chi connectivity index (χ1) is 9.81. The molecule has 0 heterocycles. The molecule has 0 aromatic heterocycles. The molecule has 1 nitrogen and oxygen atoms in total. The zero-order chi connectivity index (χ0) is 15.7. The maximum Gasteiger partial charge on any atom is 0.142 e. The monoisotopic (exact) mass is 389 g/mol. The largest absolute Gasteiger partial charge is 0.377 e. The predicted molar refractivity (Wildman–Crippen MR) is 92.1 cm³/mol. The Morgan fingerprint density at radius 2 is 1.86 bits per heavy atom. The van der Waals surface area contributed by atoms with E-state index < -0.39 is 5.82 Å². The Labute approximate surface area is 142 Å². The van der Waals surface area contributed by atoms with Gasteiger partial charge in [0.15, 0.2) is 0 Å². The molecule has 1 unspecified atom stereocenters. The van der Waals surface area contributed by atoms with Crippen LogP contribution >= 0.6 is 39.1 Å². The van der Waals surface area contributed by atoms with Crippen LogP contribution < -0.4 is 5.32 Å². The quantitative estimate of drug-likeness (QED) is 0.576. The second-order valence-electron chi connectivity index (χ2n) is 5.06. The summed E-state index contributed by atoms with van der Waals surface area (Å²) in [5.41, 5.74) is 3.77. The summed E-state index contributed by atoms with van der Waals surface area (Å²) < 4.78 is 14.6. The summed E-state index contributed by atoms with van der Waals surface area (Å²) in [4.78, 5) is 0. The van der Waals surface area contributed by atoms with Crippen molar-refractivity contribution >= 4 is 44.8 Å². The molecule has 5 heteroatoms. The summed E-state index contributed by atoms with van der Waals surface area (Å²) in [6.07, 6.45) is 0. The van der Waals surface area contributed by atoms with E-state index in [1.165, 1.54) is 17.7 Å². The SMILES string of the molecule is Cc1cc(C)c(NC(C)c2c(Cl)ccc(F)c2Cl)c(Br)c1. The maximum absolute atomic E-state index is 13.6. The van der Waals surface area contributed by atoms with Gasteiger partial charge in [0.1, 0.15) is 5.82 Å². The number of hydrogen-bond acceptors (Lipinski definition) is 1. The first-order valence-corrected chi connectivity index (χ1v) is 8.02. The van der Waals surface area contributed by atoms with Gasteiger partial charge in [-0.1, -0.05) is 29.3 Å². The second kappa shape index (κ2) is 6.55. The summed E-state index contributed by atoms with van der Waals surface area (Å²) in [6.45, 7) is 5.95. The van der Waals surface area contributed by atoms with E-state index in [-0.39, 0.29) is 11.1 Å². The van der Waals surface area contributed by atoms with Crippen LogP contribution in [0.25, 0.3) is 0 Å². The molecule has 0 bridgehead atoms. The minimum atomic E-state index is -0.468. The van der Waals surface area contributed by atoms with Crippen molar-refractivity contribution in [2.24, 2.45) is 0 Å². The number of benzene rings is 2. The Balaban J connectivity index is 2.40. The molecule has 0 aliphatic rings. The number of halogens is 4. The molecule has 0 amide bonds. The Kier molecular flexibility index (Phi) is 5.18. The minimum Gasteiger partial charge on any atom is -0.377 e. The van der Waals surface area contributed by atoms with Crippen LogP contribution in [0.2, 0.25) is 10.0 Å². The fourth-order valence-corrected chi connectivity index (χ4v) is 3.81. The Morgan fingerprint density at radius 1 is 1.19 bits per heavy atom. The van der Waals surface area contributed by atoms with Crippen LogP contribution in [-0.2, 0) is 0 Å². The molecule has 2 aromatic carbocycles. The van der Waals surface area contributed by atoms with E-state index >= 15 is 0 Å². The molecule has 0 saturated carbocycles. The molecule has 2 aromatic rings. The fourth-order valence-electron chi connectivity index (χ4n) is 2.33. The van der Waals surface area contributed by atoms with Crippen LogP contribution in [0.5, 0.6) is 0 Å². The van der Waals surface area contributed by atoms with Gasteiger partial charge < -0.3 is 5.32 Å². The standard InChI is InChI=1S/C16H15BrCl2FN/c1-8-6-9(2)16(11(17)7-8)21-10(3)14-12(18)4-5-13(20)15(14)19/h4-7,10,21H,1-3H3. The van der Waals surface area contributed by atoms with Crippen LogP contribution in [0.4, 0.5) is 10.1 Å². The van der Waals surface area contributed by atoms with E-state index in [1.807, 2.05) is 26.8 Å². The smallest absolute Gasteiger partial charge is 0.142 e. The van der Waals surface area contributed by atoms with Crippen LogP contribution in [0.3, 0.4) is 0 Å². The Hall–Kier alpha value is -0.770. The van der Waals surface area contributed by atoms with Gasteiger partial charge in [0.2, 0.25) is 0 Å². The third kappa shape index (κ3) is 3.53. The number of nitrogens with one attached hydrogen (secondary N) is 1. The molecule has 0 fully saturated rings. The van der Waals surface area contributed by atoms with Crippen LogP contribution in [0, 0.1) is 19.7 Å². The van der Waals surface area contributed by atoms with Gasteiger partial charge in [-0.25, -0.2) is 4.39 Å². The Bertz CT molecular complexity index is 665. The van der Waals surface area contributed by atoms with E-state index in [2.05, 4.69) is 27.3 Å². The topological polar surface area (TPSA) is 12.0 Å². The number of aryl methyl sites for hydroxylation is 2. The summed E-state index contributed by atoms with van der Waals surface area (Å²) in [5, 5.41) is 3.85. The van der Waals surface area contributed by atoms with Crippen molar-refractivity contribution in [1.29, 1.82) is 0 Å². The molecule has 0 saturated heterocycles. The highest BCUT2D eigenvalue weighted by atomic mass is 79.9. The van der Waals surface area contributed by atoms with Gasteiger partial charge >= 0.3 is 0 Å². The Morgan fingerprint density at radius 3 is 2.48 bits per heavy atom. The minimum absolute atomic E-state index is 0.0587. The summed E-state index contributed by atoms with van der Waals surface area (Å²) >= 11 is 15.8. The van der Waals surface area contributed by atoms with Crippen LogP contribution in [0.15, 0.2) is 28.7 Å². The highest BCUT2D eigenvalue weighted by Crippen LogP contribution is 2.36. The highest BCUT2D eigenvalue weighted by Gasteiger charge is 2.18. The molecule has 0 aliphatic carbocycles. The third-order valence-electron chi connectivity index (χ3n) is 3.31. The first kappa shape index (κ1) is 16.6. The molecular weight excluding hydrogens is 376 g/mol. The zero-order valence-corrected chi connectivity index (χ0v) is 15.0. The fraction of sp³-hybridized carbons (Fsp3) is 0.250. The average Bonchev–Trinajstić information content (AvgIpc) is 2.38. The van der Waals surface area contributed by atoms with E-state index in [9.17, 15) is 4.39 Å². The van der Waals surface area contributed by atoms with Crippen molar-refractivity contribution in [3.63, 3.8) is 0 Å². The lowest BCUT2D eigenvalue weighted by atomic mass is 10.1. The van der Waals surface area contributed by atoms with Crippen LogP contribution in [-0.4, -0.2) is 0 Å². The molecule has 0 aliphatic heterocycles. The highest BCUT2D eigenvalue weighted by molar-refractivity contribution is 9.10. The lowest BCUT2D eigenvalue weighted by Gasteiger charge is -2.21. The summed E-state index contributed by atoms with van der Waals surface area (Å²) in [7, 11) is 0. The van der Waals surface area contributed by atoms with Crippen molar-refractivity contribution < 1.29 is 4.39 Å². The maximum atomic E-state index is 13.6. The molecule has 1 atom stereocenters. The van der Waals surface area contributed by atoms with E-state index in [0.717, 1.165) is 15.7 Å². The van der Waals surface area contributed by atoms with Crippen molar-refractivity contribution in [2.45, 2.75) is 26.8 Å². The van der Waals surface area contributed by atoms with Gasteiger partial charge in [-0.2, -0.15) is 0 Å². The van der Waals surface area contributed by atoms with Gasteiger partial charge in [-0.05, 0) is 66.0 Å². The molecular formula is C16H15BrCl2FN. The molecule has 21 heavy (non-hydrogen) atoms. The first-order valence-electron chi connectivity index (χ1n) is 6.48. The van der Waals surface area contributed by atoms with Gasteiger partial charge in [0.25, 0.3) is 0 Å². The zero-order valence-electron chi connectivity index (χ0n) is 11.9. The van der Waals surface area contributed by atoms with Gasteiger partial charge in [0, 0.05) is 15.1 Å². The van der Waals surface area contributed by atoms with Gasteiger partial charge in [-0.15, -0.1) is 0 Å². The van der Waals surface area contributed by atoms with E-state index in [4.69, 9.17) is 23.2 Å². The van der Waals surface area contributed by atoms with Crippen LogP contribution in [0.1, 0.15) is 29.7 Å². The second-order valence-corrected chi connectivity index (χ2v) is 6.70. The molecule has 0 radical (unpaired) electrons. The van der Waals surface area contributed by atoms with E-state index in [1.54, 1.807) is 0 Å².